The fraction of sp³-hybridized carbons (Fsp3) is 0. The van der Waals surface area contributed by atoms with Crippen LogP contribution in [-0.4, -0.2) is 21.6 Å². The van der Waals surface area contributed by atoms with Gasteiger partial charge in [0, 0.05) is 17.8 Å². The van der Waals surface area contributed by atoms with Gasteiger partial charge in [0.2, 0.25) is 6.41 Å². The minimum Gasteiger partial charge on any atom is -0.361 e. The third-order valence-electron chi connectivity index (χ3n) is 2.18. The quantitative estimate of drug-likeness (QED) is 0.588. The Kier molecular flexibility index (Phi) is 3.54. The molecule has 3 rings (SSSR count). The molecule has 5 heteroatoms. The highest BCUT2D eigenvalue weighted by Gasteiger charge is 1.86. The van der Waals surface area contributed by atoms with Gasteiger partial charge in [-0.1, -0.05) is 18.2 Å². The topological polar surface area (TPSA) is 73.6 Å². The number of nitrogens with zero attached hydrogens (tertiary/aromatic N) is 1. The van der Waals surface area contributed by atoms with Crippen LogP contribution < -0.4 is 5.32 Å². The Bertz CT molecular complexity index is 541. The van der Waals surface area contributed by atoms with E-state index in [4.69, 9.17) is 0 Å². The average molecular weight is 228 g/mol. The number of nitrogens with one attached hydrogen (secondary N) is 3. The van der Waals surface area contributed by atoms with Gasteiger partial charge in [0.05, 0.1) is 6.20 Å². The molecule has 1 aromatic carbocycles. The zero-order valence-corrected chi connectivity index (χ0v) is 9.05. The van der Waals surface area contributed by atoms with Gasteiger partial charge < -0.3 is 10.3 Å². The van der Waals surface area contributed by atoms with Crippen molar-refractivity contribution in [1.29, 1.82) is 0 Å². The normalized spacial score (nSPS) is 9.41. The maximum atomic E-state index is 9.71. The van der Waals surface area contributed by atoms with Crippen molar-refractivity contribution < 1.29 is 4.79 Å². The Hall–Kier alpha value is -2.56. The zero-order valence-electron chi connectivity index (χ0n) is 9.05. The van der Waals surface area contributed by atoms with Crippen LogP contribution in [0.15, 0.2) is 48.8 Å². The van der Waals surface area contributed by atoms with E-state index in [0.717, 1.165) is 0 Å². The first-order valence-corrected chi connectivity index (χ1v) is 5.12. The molecule has 0 aliphatic carbocycles. The number of anilines is 1. The largest absolute Gasteiger partial charge is 0.361 e. The van der Waals surface area contributed by atoms with Crippen LogP contribution in [0.2, 0.25) is 0 Å². The minimum absolute atomic E-state index is 0.591. The van der Waals surface area contributed by atoms with E-state index in [1.54, 1.807) is 12.3 Å². The van der Waals surface area contributed by atoms with Crippen molar-refractivity contribution >= 4 is 23.1 Å². The molecule has 0 fully saturated rings. The lowest BCUT2D eigenvalue weighted by Gasteiger charge is -1.85. The molecule has 5 nitrogen and oxygen atoms in total. The summed E-state index contributed by atoms with van der Waals surface area (Å²) in [4.78, 5) is 12.8. The highest BCUT2D eigenvalue weighted by atomic mass is 16.1. The molecule has 0 spiro atoms. The van der Waals surface area contributed by atoms with Gasteiger partial charge in [-0.05, 0) is 17.5 Å². The number of carbonyl (C=O) groups excluding carboxylic acids is 1. The van der Waals surface area contributed by atoms with E-state index in [2.05, 4.69) is 38.7 Å². The summed E-state index contributed by atoms with van der Waals surface area (Å²) in [5.74, 6) is 0.611. The zero-order chi connectivity index (χ0) is 11.9. The smallest absolute Gasteiger partial charge is 0.212 e. The maximum absolute atomic E-state index is 9.71. The molecule has 0 aliphatic heterocycles. The molecule has 86 valence electrons. The molecule has 2 aromatic heterocycles. The molecule has 0 atom stereocenters. The number of hydrogen-bond acceptors (Lipinski definition) is 2. The second-order valence-corrected chi connectivity index (χ2v) is 3.30. The molecule has 17 heavy (non-hydrogen) atoms. The van der Waals surface area contributed by atoms with Gasteiger partial charge in [-0.15, -0.1) is 0 Å². The SMILES string of the molecule is O=CNc1ccn[nH]1.c1ccc2[nH]ccc2c1. The monoisotopic (exact) mass is 228 g/mol. The standard InChI is InChI=1S/C8H7N.C4H5N3O/c1-2-4-8-7(3-1)5-6-9-8;8-3-5-4-1-2-6-7-4/h1-6,9H;1-3H,(H2,5,6,7,8). The number of benzene rings is 1. The summed E-state index contributed by atoms with van der Waals surface area (Å²) >= 11 is 0. The molecule has 0 saturated carbocycles. The van der Waals surface area contributed by atoms with Gasteiger partial charge in [0.25, 0.3) is 0 Å². The van der Waals surface area contributed by atoms with E-state index in [-0.39, 0.29) is 0 Å². The van der Waals surface area contributed by atoms with Gasteiger partial charge >= 0.3 is 0 Å². The Morgan fingerprint density at radius 1 is 1.18 bits per heavy atom. The van der Waals surface area contributed by atoms with Crippen molar-refractivity contribution in [3.05, 3.63) is 48.8 Å². The average Bonchev–Trinajstić information content (AvgIpc) is 3.00. The maximum Gasteiger partial charge on any atom is 0.212 e. The van der Waals surface area contributed by atoms with Crippen LogP contribution in [0.5, 0.6) is 0 Å². The van der Waals surface area contributed by atoms with Crippen molar-refractivity contribution in [2.75, 3.05) is 5.32 Å². The Labute approximate surface area is 97.9 Å². The minimum atomic E-state index is 0.591. The number of rotatable bonds is 2. The first-order chi connectivity index (χ1) is 8.40. The van der Waals surface area contributed by atoms with E-state index >= 15 is 0 Å². The number of fused-ring (bicyclic) bond motifs is 1. The number of para-hydroxylation sites is 1. The van der Waals surface area contributed by atoms with Gasteiger partial charge in [-0.25, -0.2) is 0 Å². The van der Waals surface area contributed by atoms with E-state index in [9.17, 15) is 4.79 Å². The lowest BCUT2D eigenvalue weighted by Crippen LogP contribution is -1.92. The summed E-state index contributed by atoms with van der Waals surface area (Å²) < 4.78 is 0. The highest BCUT2D eigenvalue weighted by molar-refractivity contribution is 5.78. The highest BCUT2D eigenvalue weighted by Crippen LogP contribution is 2.09. The number of hydrogen-bond donors (Lipinski definition) is 3. The summed E-state index contributed by atoms with van der Waals surface area (Å²) in [7, 11) is 0. The molecular weight excluding hydrogens is 216 g/mol. The molecule has 0 aliphatic rings. The Balaban J connectivity index is 0.000000128. The van der Waals surface area contributed by atoms with E-state index < -0.39 is 0 Å². The van der Waals surface area contributed by atoms with Crippen molar-refractivity contribution in [2.45, 2.75) is 0 Å². The third-order valence-corrected chi connectivity index (χ3v) is 2.18. The number of aromatic nitrogens is 3. The predicted octanol–water partition coefficient (Wildman–Crippen LogP) is 2.15. The number of carbonyl (C=O) groups is 1. The predicted molar refractivity (Wildman–Crippen MR) is 66.6 cm³/mol. The van der Waals surface area contributed by atoms with Crippen molar-refractivity contribution in [2.24, 2.45) is 0 Å². The van der Waals surface area contributed by atoms with Crippen LogP contribution in [-0.2, 0) is 4.79 Å². The lowest BCUT2D eigenvalue weighted by molar-refractivity contribution is -0.105. The van der Waals surface area contributed by atoms with Crippen LogP contribution in [0.4, 0.5) is 5.82 Å². The van der Waals surface area contributed by atoms with Crippen LogP contribution in [0.1, 0.15) is 0 Å². The van der Waals surface area contributed by atoms with Crippen LogP contribution in [0, 0.1) is 0 Å². The molecular formula is C12H12N4O. The first-order valence-electron chi connectivity index (χ1n) is 5.12. The van der Waals surface area contributed by atoms with Gasteiger partial charge in [-0.2, -0.15) is 5.10 Å². The number of H-pyrrole nitrogens is 2. The van der Waals surface area contributed by atoms with Gasteiger partial charge in [-0.3, -0.25) is 9.89 Å². The molecule has 0 radical (unpaired) electrons. The molecule has 0 unspecified atom stereocenters. The molecule has 1 amide bonds. The fourth-order valence-electron chi connectivity index (χ4n) is 1.39. The lowest BCUT2D eigenvalue weighted by atomic mass is 10.3. The van der Waals surface area contributed by atoms with E-state index in [1.807, 2.05) is 18.3 Å². The van der Waals surface area contributed by atoms with E-state index in [1.165, 1.54) is 10.9 Å². The van der Waals surface area contributed by atoms with E-state index in [0.29, 0.717) is 12.2 Å². The van der Waals surface area contributed by atoms with Crippen molar-refractivity contribution in [3.63, 3.8) is 0 Å². The number of amides is 1. The fourth-order valence-corrected chi connectivity index (χ4v) is 1.39. The van der Waals surface area contributed by atoms with Crippen LogP contribution in [0.3, 0.4) is 0 Å². The molecule has 3 N–H and O–H groups in total. The summed E-state index contributed by atoms with van der Waals surface area (Å²) in [6, 6.07) is 11.9. The summed E-state index contributed by atoms with van der Waals surface area (Å²) in [5, 5.41) is 9.80. The van der Waals surface area contributed by atoms with Crippen molar-refractivity contribution in [1.82, 2.24) is 15.2 Å². The second-order valence-electron chi connectivity index (χ2n) is 3.30. The molecule has 0 bridgehead atoms. The van der Waals surface area contributed by atoms with Crippen LogP contribution in [0.25, 0.3) is 10.9 Å². The summed E-state index contributed by atoms with van der Waals surface area (Å²) in [6.07, 6.45) is 4.10. The molecule has 3 aromatic rings. The molecule has 0 saturated heterocycles. The Morgan fingerprint density at radius 3 is 2.76 bits per heavy atom. The van der Waals surface area contributed by atoms with Crippen LogP contribution >= 0.6 is 0 Å². The van der Waals surface area contributed by atoms with Gasteiger partial charge in [0.15, 0.2) is 0 Å². The van der Waals surface area contributed by atoms with Crippen molar-refractivity contribution in [3.8, 4) is 0 Å². The summed E-state index contributed by atoms with van der Waals surface area (Å²) in [5.41, 5.74) is 1.21. The third kappa shape index (κ3) is 2.94. The number of aromatic amines is 2. The Morgan fingerprint density at radius 2 is 2.06 bits per heavy atom. The first kappa shape index (κ1) is 10.9. The second kappa shape index (κ2) is 5.50. The summed E-state index contributed by atoms with van der Waals surface area (Å²) in [6.45, 7) is 0. The molecule has 2 heterocycles. The van der Waals surface area contributed by atoms with Gasteiger partial charge in [0.1, 0.15) is 5.82 Å².